The largest absolute Gasteiger partial charge is 0.480 e. The van der Waals surface area contributed by atoms with Gasteiger partial charge in [-0.3, -0.25) is 4.79 Å². The molecule has 0 saturated heterocycles. The van der Waals surface area contributed by atoms with E-state index in [1.54, 1.807) is 0 Å². The fourth-order valence-electron chi connectivity index (χ4n) is 1.42. The highest BCUT2D eigenvalue weighted by atomic mass is 35.5. The Morgan fingerprint density at radius 2 is 2.21 bits per heavy atom. The van der Waals surface area contributed by atoms with E-state index in [1.807, 2.05) is 0 Å². The molecule has 0 aliphatic carbocycles. The van der Waals surface area contributed by atoms with E-state index >= 15 is 0 Å². The smallest absolute Gasteiger partial charge is 0.326 e. The maximum atomic E-state index is 11.9. The predicted octanol–water partition coefficient (Wildman–Crippen LogP) is 2.66. The molecule has 0 aliphatic heterocycles. The van der Waals surface area contributed by atoms with Crippen molar-refractivity contribution in [3.63, 3.8) is 0 Å². The summed E-state index contributed by atoms with van der Waals surface area (Å²) in [6.45, 7) is 0.435. The molecular weight excluding hydrogens is 313 g/mol. The number of aliphatic carboxylic acids is 1. The van der Waals surface area contributed by atoms with Crippen LogP contribution >= 0.6 is 34.5 Å². The molecule has 1 amide bonds. The number of carbonyl (C=O) groups excluding carboxylic acids is 1. The highest BCUT2D eigenvalue weighted by Gasteiger charge is 2.22. The van der Waals surface area contributed by atoms with Crippen molar-refractivity contribution in [3.8, 4) is 0 Å². The lowest BCUT2D eigenvalue weighted by molar-refractivity contribution is -0.139. The third kappa shape index (κ3) is 4.99. The number of carbonyl (C=O) groups is 2. The summed E-state index contributed by atoms with van der Waals surface area (Å²) in [7, 11) is 1.53. The number of halogens is 2. The van der Waals surface area contributed by atoms with Crippen molar-refractivity contribution in [2.75, 3.05) is 13.7 Å². The van der Waals surface area contributed by atoms with Crippen LogP contribution in [0.3, 0.4) is 0 Å². The van der Waals surface area contributed by atoms with Gasteiger partial charge >= 0.3 is 5.97 Å². The van der Waals surface area contributed by atoms with E-state index in [0.29, 0.717) is 17.4 Å². The van der Waals surface area contributed by atoms with Gasteiger partial charge in [0.1, 0.15) is 10.4 Å². The molecule has 0 spiro atoms. The van der Waals surface area contributed by atoms with Crippen LogP contribution in [0.4, 0.5) is 0 Å². The predicted molar refractivity (Wildman–Crippen MR) is 74.3 cm³/mol. The molecule has 0 aromatic carbocycles. The highest BCUT2D eigenvalue weighted by molar-refractivity contribution is 7.20. The number of methoxy groups -OCH3 is 1. The fraction of sp³-hybridized carbons (Fsp3) is 0.455. The zero-order chi connectivity index (χ0) is 14.4. The average molecular weight is 326 g/mol. The second-order valence-corrected chi connectivity index (χ2v) is 6.02. The summed E-state index contributed by atoms with van der Waals surface area (Å²) in [5.74, 6) is -1.64. The molecule has 1 unspecified atom stereocenters. The van der Waals surface area contributed by atoms with Crippen molar-refractivity contribution < 1.29 is 19.4 Å². The van der Waals surface area contributed by atoms with Crippen LogP contribution in [0.5, 0.6) is 0 Å². The first-order valence-electron chi connectivity index (χ1n) is 5.43. The Kier molecular flexibility index (Phi) is 6.57. The molecule has 8 heteroatoms. The number of rotatable bonds is 7. The molecule has 2 N–H and O–H groups in total. The summed E-state index contributed by atoms with van der Waals surface area (Å²) >= 11 is 12.6. The van der Waals surface area contributed by atoms with Gasteiger partial charge in [-0.25, -0.2) is 4.79 Å². The Bertz CT molecular complexity index is 464. The van der Waals surface area contributed by atoms with Gasteiger partial charge in [-0.15, -0.1) is 11.3 Å². The van der Waals surface area contributed by atoms with Gasteiger partial charge in [0.2, 0.25) is 0 Å². The van der Waals surface area contributed by atoms with Crippen LogP contribution in [-0.4, -0.2) is 36.7 Å². The minimum Gasteiger partial charge on any atom is -0.480 e. The summed E-state index contributed by atoms with van der Waals surface area (Å²) in [6, 6.07) is 0.440. The van der Waals surface area contributed by atoms with Gasteiger partial charge in [-0.05, 0) is 18.9 Å². The van der Waals surface area contributed by atoms with E-state index in [2.05, 4.69) is 5.32 Å². The maximum absolute atomic E-state index is 11.9. The molecule has 1 heterocycles. The number of hydrogen-bond donors (Lipinski definition) is 2. The number of hydrogen-bond acceptors (Lipinski definition) is 4. The number of nitrogens with one attached hydrogen (secondary N) is 1. The quantitative estimate of drug-likeness (QED) is 0.756. The molecule has 1 rings (SSSR count). The van der Waals surface area contributed by atoms with Crippen molar-refractivity contribution in [1.82, 2.24) is 5.32 Å². The van der Waals surface area contributed by atoms with Crippen LogP contribution in [0.15, 0.2) is 6.07 Å². The van der Waals surface area contributed by atoms with Crippen molar-refractivity contribution >= 4 is 46.4 Å². The second kappa shape index (κ2) is 7.69. The monoisotopic (exact) mass is 325 g/mol. The molecule has 1 aromatic heterocycles. The third-order valence-corrected chi connectivity index (χ3v) is 3.83. The SMILES string of the molecule is COCCCC(NC(=O)c1cc(Cl)sc1Cl)C(=O)O. The van der Waals surface area contributed by atoms with Crippen LogP contribution in [0.2, 0.25) is 8.67 Å². The molecule has 106 valence electrons. The molecule has 0 radical (unpaired) electrons. The maximum Gasteiger partial charge on any atom is 0.326 e. The Morgan fingerprint density at radius 3 is 2.68 bits per heavy atom. The van der Waals surface area contributed by atoms with Gasteiger partial charge in [0.25, 0.3) is 5.91 Å². The summed E-state index contributed by atoms with van der Waals surface area (Å²) < 4.78 is 5.46. The van der Waals surface area contributed by atoms with E-state index in [-0.39, 0.29) is 16.3 Å². The zero-order valence-corrected chi connectivity index (χ0v) is 12.4. The summed E-state index contributed by atoms with van der Waals surface area (Å²) in [5.41, 5.74) is 0.189. The van der Waals surface area contributed by atoms with E-state index in [0.717, 1.165) is 11.3 Å². The summed E-state index contributed by atoms with van der Waals surface area (Å²) in [5, 5.41) is 11.4. The molecule has 5 nitrogen and oxygen atoms in total. The Hall–Kier alpha value is -0.820. The molecule has 0 bridgehead atoms. The number of carboxylic acid groups (broad SMARTS) is 1. The van der Waals surface area contributed by atoms with E-state index < -0.39 is 17.9 Å². The van der Waals surface area contributed by atoms with Gasteiger partial charge in [-0.1, -0.05) is 23.2 Å². The zero-order valence-electron chi connectivity index (χ0n) is 10.1. The van der Waals surface area contributed by atoms with Crippen molar-refractivity contribution in [2.24, 2.45) is 0 Å². The van der Waals surface area contributed by atoms with Crippen molar-refractivity contribution in [1.29, 1.82) is 0 Å². The lowest BCUT2D eigenvalue weighted by Crippen LogP contribution is -2.40. The standard InChI is InChI=1S/C11H13Cl2NO4S/c1-18-4-2-3-7(11(16)17)14-10(15)6-5-8(12)19-9(6)13/h5,7H,2-4H2,1H3,(H,14,15)(H,16,17). The molecule has 0 aliphatic rings. The average Bonchev–Trinajstić information content (AvgIpc) is 2.67. The van der Waals surface area contributed by atoms with Crippen LogP contribution in [0, 0.1) is 0 Å². The number of carboxylic acids is 1. The lowest BCUT2D eigenvalue weighted by Gasteiger charge is -2.13. The first-order valence-corrected chi connectivity index (χ1v) is 7.00. The second-order valence-electron chi connectivity index (χ2n) is 3.74. The Balaban J connectivity index is 2.66. The van der Waals surface area contributed by atoms with E-state index in [9.17, 15) is 9.59 Å². The summed E-state index contributed by atoms with van der Waals surface area (Å²) in [6.07, 6.45) is 0.816. The summed E-state index contributed by atoms with van der Waals surface area (Å²) in [4.78, 5) is 22.9. The third-order valence-electron chi connectivity index (χ3n) is 2.35. The lowest BCUT2D eigenvalue weighted by atomic mass is 10.1. The molecule has 0 fully saturated rings. The van der Waals surface area contributed by atoms with Gasteiger partial charge in [0, 0.05) is 13.7 Å². The van der Waals surface area contributed by atoms with Crippen LogP contribution < -0.4 is 5.32 Å². The van der Waals surface area contributed by atoms with Crippen LogP contribution in [0.1, 0.15) is 23.2 Å². The molecule has 1 aromatic rings. The van der Waals surface area contributed by atoms with Crippen LogP contribution in [-0.2, 0) is 9.53 Å². The van der Waals surface area contributed by atoms with E-state index in [1.165, 1.54) is 13.2 Å². The fourth-order valence-corrected chi connectivity index (χ4v) is 2.88. The molecule has 19 heavy (non-hydrogen) atoms. The molecular formula is C11H13Cl2NO4S. The van der Waals surface area contributed by atoms with Crippen molar-refractivity contribution in [3.05, 3.63) is 20.3 Å². The Morgan fingerprint density at radius 1 is 1.53 bits per heavy atom. The minimum absolute atomic E-state index is 0.189. The van der Waals surface area contributed by atoms with Crippen LogP contribution in [0.25, 0.3) is 0 Å². The minimum atomic E-state index is -1.10. The highest BCUT2D eigenvalue weighted by Crippen LogP contribution is 2.31. The Labute approximate surface area is 124 Å². The van der Waals surface area contributed by atoms with Gasteiger partial charge in [0.15, 0.2) is 0 Å². The van der Waals surface area contributed by atoms with Gasteiger partial charge < -0.3 is 15.2 Å². The first kappa shape index (κ1) is 16.2. The molecule has 0 saturated carbocycles. The number of thiophene rings is 1. The van der Waals surface area contributed by atoms with Gasteiger partial charge in [-0.2, -0.15) is 0 Å². The number of amides is 1. The van der Waals surface area contributed by atoms with Crippen molar-refractivity contribution in [2.45, 2.75) is 18.9 Å². The first-order chi connectivity index (χ1) is 8.95. The topological polar surface area (TPSA) is 75.6 Å². The number of ether oxygens (including phenoxy) is 1. The van der Waals surface area contributed by atoms with E-state index in [4.69, 9.17) is 33.0 Å². The molecule has 1 atom stereocenters. The normalized spacial score (nSPS) is 12.2. The van der Waals surface area contributed by atoms with Gasteiger partial charge in [0.05, 0.1) is 9.90 Å².